The van der Waals surface area contributed by atoms with E-state index in [1.807, 2.05) is 6.26 Å². The van der Waals surface area contributed by atoms with Gasteiger partial charge in [0.2, 0.25) is 0 Å². The van der Waals surface area contributed by atoms with Gasteiger partial charge in [-0.25, -0.2) is 9.97 Å². The van der Waals surface area contributed by atoms with Gasteiger partial charge in [0.1, 0.15) is 11.0 Å². The Morgan fingerprint density at radius 3 is 3.06 bits per heavy atom. The zero-order valence-corrected chi connectivity index (χ0v) is 9.88. The van der Waals surface area contributed by atoms with Crippen molar-refractivity contribution < 1.29 is 0 Å². The number of aromatic amines is 1. The molecule has 0 fully saturated rings. The van der Waals surface area contributed by atoms with Gasteiger partial charge in [0.15, 0.2) is 11.0 Å². The summed E-state index contributed by atoms with van der Waals surface area (Å²) in [6.45, 7) is 0.428. The van der Waals surface area contributed by atoms with Gasteiger partial charge in [-0.1, -0.05) is 28.6 Å². The van der Waals surface area contributed by atoms with E-state index in [0.717, 1.165) is 0 Å². The number of anilines is 1. The van der Waals surface area contributed by atoms with E-state index in [1.54, 1.807) is 6.07 Å². The Hall–Kier alpha value is -1.41. The van der Waals surface area contributed by atoms with Gasteiger partial charge in [-0.3, -0.25) is 0 Å². The molecule has 16 heavy (non-hydrogen) atoms. The first-order valence-corrected chi connectivity index (χ1v) is 5.93. The Morgan fingerprint density at radius 2 is 2.38 bits per heavy atom. The molecule has 0 saturated heterocycles. The Balaban J connectivity index is 2.06. The molecule has 0 aliphatic heterocycles. The van der Waals surface area contributed by atoms with E-state index in [-0.39, 0.29) is 0 Å². The third kappa shape index (κ3) is 2.80. The normalized spacial score (nSPS) is 10.4. The molecule has 2 aromatic rings. The van der Waals surface area contributed by atoms with Crippen molar-refractivity contribution in [3.8, 4) is 0 Å². The number of H-pyrrole nitrogens is 1. The summed E-state index contributed by atoms with van der Waals surface area (Å²) < 4.78 is 0. The molecular weight excluding hydrogens is 250 g/mol. The van der Waals surface area contributed by atoms with Gasteiger partial charge >= 0.3 is 0 Å². The van der Waals surface area contributed by atoms with E-state index in [4.69, 9.17) is 11.6 Å². The number of tetrazole rings is 1. The molecule has 0 aromatic carbocycles. The quantitative estimate of drug-likeness (QED) is 0.479. The Bertz CT molecular complexity index is 460. The molecule has 2 N–H and O–H groups in total. The zero-order valence-electron chi connectivity index (χ0n) is 8.31. The maximum atomic E-state index is 5.84. The fraction of sp³-hybridized carbons (Fsp3) is 0.286. The molecule has 0 saturated carbocycles. The molecule has 0 bridgehead atoms. The number of rotatable bonds is 4. The number of hydrogen-bond acceptors (Lipinski definition) is 7. The number of nitrogens with zero attached hydrogens (tertiary/aromatic N) is 5. The molecule has 0 amide bonds. The van der Waals surface area contributed by atoms with Crippen LogP contribution in [0.3, 0.4) is 0 Å². The molecule has 2 rings (SSSR count). The lowest BCUT2D eigenvalue weighted by Crippen LogP contribution is -2.04. The van der Waals surface area contributed by atoms with Crippen molar-refractivity contribution in [2.45, 2.75) is 11.7 Å². The maximum Gasteiger partial charge on any atom is 0.193 e. The smallest absolute Gasteiger partial charge is 0.193 e. The predicted molar refractivity (Wildman–Crippen MR) is 60.3 cm³/mol. The Morgan fingerprint density at radius 1 is 1.50 bits per heavy atom. The molecule has 9 heteroatoms. The van der Waals surface area contributed by atoms with Crippen LogP contribution in [-0.2, 0) is 6.54 Å². The standard InChI is InChI=1S/C7H8ClN7S/c1-16-7-10-4(8)2-5(11-7)9-3-6-12-14-15-13-6/h2H,3H2,1H3,(H,9,10,11)(H,12,13,14,15). The van der Waals surface area contributed by atoms with Crippen molar-refractivity contribution in [1.82, 2.24) is 30.6 Å². The highest BCUT2D eigenvalue weighted by molar-refractivity contribution is 7.98. The molecule has 0 atom stereocenters. The third-order valence-electron chi connectivity index (χ3n) is 1.67. The van der Waals surface area contributed by atoms with Crippen LogP contribution in [0.25, 0.3) is 0 Å². The fourth-order valence-electron chi connectivity index (χ4n) is 1.01. The Kier molecular flexibility index (Phi) is 3.52. The second-order valence-electron chi connectivity index (χ2n) is 2.74. The SMILES string of the molecule is CSc1nc(Cl)cc(NCc2nn[nH]n2)n1. The van der Waals surface area contributed by atoms with Crippen LogP contribution in [0.4, 0.5) is 5.82 Å². The number of halogens is 1. The van der Waals surface area contributed by atoms with Gasteiger partial charge in [-0.2, -0.15) is 5.21 Å². The summed E-state index contributed by atoms with van der Waals surface area (Å²) in [7, 11) is 0. The zero-order chi connectivity index (χ0) is 11.4. The Labute approximate surface area is 100 Å². The first-order chi connectivity index (χ1) is 7.78. The molecule has 0 radical (unpaired) electrons. The van der Waals surface area contributed by atoms with E-state index in [2.05, 4.69) is 35.9 Å². The highest BCUT2D eigenvalue weighted by Crippen LogP contribution is 2.17. The summed E-state index contributed by atoms with van der Waals surface area (Å²) >= 11 is 7.26. The van der Waals surface area contributed by atoms with Gasteiger partial charge in [0.05, 0.1) is 6.54 Å². The van der Waals surface area contributed by atoms with Gasteiger partial charge in [-0.05, 0) is 6.26 Å². The summed E-state index contributed by atoms with van der Waals surface area (Å²) in [5, 5.41) is 17.5. The van der Waals surface area contributed by atoms with Crippen molar-refractivity contribution in [3.63, 3.8) is 0 Å². The summed E-state index contributed by atoms with van der Waals surface area (Å²) in [6.07, 6.45) is 1.88. The average Bonchev–Trinajstić information content (AvgIpc) is 2.78. The van der Waals surface area contributed by atoms with Gasteiger partial charge in [-0.15, -0.1) is 10.2 Å². The van der Waals surface area contributed by atoms with Gasteiger partial charge < -0.3 is 5.32 Å². The summed E-state index contributed by atoms with van der Waals surface area (Å²) in [6, 6.07) is 1.64. The second kappa shape index (κ2) is 5.08. The second-order valence-corrected chi connectivity index (χ2v) is 3.90. The van der Waals surface area contributed by atoms with Crippen LogP contribution in [0.5, 0.6) is 0 Å². The molecule has 0 unspecified atom stereocenters. The van der Waals surface area contributed by atoms with Crippen LogP contribution in [0.1, 0.15) is 5.82 Å². The lowest BCUT2D eigenvalue weighted by molar-refractivity contribution is 0.881. The lowest BCUT2D eigenvalue weighted by Gasteiger charge is -2.04. The number of hydrogen-bond donors (Lipinski definition) is 2. The van der Waals surface area contributed by atoms with Crippen LogP contribution in [0.2, 0.25) is 5.15 Å². The van der Waals surface area contributed by atoms with Crippen molar-refractivity contribution in [2.24, 2.45) is 0 Å². The maximum absolute atomic E-state index is 5.84. The minimum absolute atomic E-state index is 0.398. The first kappa shape index (κ1) is 11.1. The first-order valence-electron chi connectivity index (χ1n) is 4.32. The highest BCUT2D eigenvalue weighted by Gasteiger charge is 2.03. The lowest BCUT2D eigenvalue weighted by atomic mass is 10.5. The summed E-state index contributed by atoms with van der Waals surface area (Å²) in [5.41, 5.74) is 0. The molecule has 2 aromatic heterocycles. The van der Waals surface area contributed by atoms with E-state index in [0.29, 0.717) is 28.5 Å². The van der Waals surface area contributed by atoms with Crippen molar-refractivity contribution in [2.75, 3.05) is 11.6 Å². The molecule has 84 valence electrons. The summed E-state index contributed by atoms with van der Waals surface area (Å²) in [5.74, 6) is 1.19. The molecule has 0 aliphatic carbocycles. The van der Waals surface area contributed by atoms with Crippen molar-refractivity contribution >= 4 is 29.2 Å². The average molecular weight is 258 g/mol. The number of aromatic nitrogens is 6. The van der Waals surface area contributed by atoms with E-state index in [9.17, 15) is 0 Å². The third-order valence-corrected chi connectivity index (χ3v) is 2.42. The minimum Gasteiger partial charge on any atom is -0.362 e. The summed E-state index contributed by atoms with van der Waals surface area (Å²) in [4.78, 5) is 8.25. The molecule has 0 spiro atoms. The molecule has 7 nitrogen and oxygen atoms in total. The molecule has 0 aliphatic rings. The number of nitrogens with one attached hydrogen (secondary N) is 2. The largest absolute Gasteiger partial charge is 0.362 e. The van der Waals surface area contributed by atoms with E-state index < -0.39 is 0 Å². The molecule has 2 heterocycles. The fourth-order valence-corrected chi connectivity index (χ4v) is 1.62. The van der Waals surface area contributed by atoms with E-state index in [1.165, 1.54) is 11.8 Å². The van der Waals surface area contributed by atoms with Crippen LogP contribution in [-0.4, -0.2) is 36.8 Å². The minimum atomic E-state index is 0.398. The van der Waals surface area contributed by atoms with E-state index >= 15 is 0 Å². The monoisotopic (exact) mass is 257 g/mol. The van der Waals surface area contributed by atoms with Crippen molar-refractivity contribution in [1.29, 1.82) is 0 Å². The predicted octanol–water partition coefficient (Wildman–Crippen LogP) is 0.977. The van der Waals surface area contributed by atoms with Crippen LogP contribution in [0.15, 0.2) is 11.2 Å². The van der Waals surface area contributed by atoms with Gasteiger partial charge in [0, 0.05) is 6.07 Å². The molecular formula is C7H8ClN7S. The number of thioether (sulfide) groups is 1. The van der Waals surface area contributed by atoms with Crippen LogP contribution in [0, 0.1) is 0 Å². The van der Waals surface area contributed by atoms with Crippen molar-refractivity contribution in [3.05, 3.63) is 17.0 Å². The van der Waals surface area contributed by atoms with Crippen LogP contribution < -0.4 is 5.32 Å². The topological polar surface area (TPSA) is 92.3 Å². The van der Waals surface area contributed by atoms with Gasteiger partial charge in [0.25, 0.3) is 0 Å². The van der Waals surface area contributed by atoms with Crippen LogP contribution >= 0.6 is 23.4 Å². The highest BCUT2D eigenvalue weighted by atomic mass is 35.5.